The van der Waals surface area contributed by atoms with E-state index in [1.807, 2.05) is 6.92 Å². The van der Waals surface area contributed by atoms with E-state index in [1.165, 1.54) is 0 Å². The molecule has 1 atom stereocenters. The largest absolute Gasteiger partial charge is 0.433 e. The first-order valence-electron chi connectivity index (χ1n) is 8.42. The number of nitrogens with zero attached hydrogens (tertiary/aromatic N) is 3. The van der Waals surface area contributed by atoms with Crippen LogP contribution < -0.4 is 5.32 Å². The second kappa shape index (κ2) is 7.55. The van der Waals surface area contributed by atoms with E-state index in [1.54, 1.807) is 13.8 Å². The molecule has 0 aromatic carbocycles. The Morgan fingerprint density at radius 3 is 2.46 bits per heavy atom. The Morgan fingerprint density at radius 1 is 1.33 bits per heavy atom. The van der Waals surface area contributed by atoms with Crippen LogP contribution in [0.15, 0.2) is 6.20 Å². The predicted octanol–water partition coefficient (Wildman–Crippen LogP) is 3.09. The second-order valence-electron chi connectivity index (χ2n) is 6.46. The molecule has 2 heterocycles. The van der Waals surface area contributed by atoms with Gasteiger partial charge in [-0.1, -0.05) is 6.92 Å². The molecule has 0 saturated carbocycles. The molecule has 0 bridgehead atoms. The second-order valence-corrected chi connectivity index (χ2v) is 6.46. The molecular weight excluding hydrogens is 321 g/mol. The van der Waals surface area contributed by atoms with Crippen molar-refractivity contribution in [1.82, 2.24) is 20.0 Å². The van der Waals surface area contributed by atoms with Crippen molar-refractivity contribution in [3.8, 4) is 0 Å². The highest BCUT2D eigenvalue weighted by Crippen LogP contribution is 2.33. The Bertz CT molecular complexity index is 562. The van der Waals surface area contributed by atoms with Crippen LogP contribution in [0, 0.1) is 0 Å². The first-order valence-corrected chi connectivity index (χ1v) is 8.42. The fourth-order valence-corrected chi connectivity index (χ4v) is 3.15. The summed E-state index contributed by atoms with van der Waals surface area (Å²) in [7, 11) is 0. The van der Waals surface area contributed by atoms with Gasteiger partial charge in [-0.3, -0.25) is 14.4 Å². The number of carbonyl (C=O) groups is 1. The van der Waals surface area contributed by atoms with Gasteiger partial charge in [0.2, 0.25) is 0 Å². The standard InChI is InChI=1S/C16H25F3N4O/c1-4-12(22-7-5-6-8-22)9-20-15(24)13-10-21-23(11(2)3)14(13)16(17,18)19/h10-12H,4-9H2,1-3H3,(H,20,24). The zero-order valence-corrected chi connectivity index (χ0v) is 14.4. The Labute approximate surface area is 140 Å². The molecule has 1 aliphatic heterocycles. The van der Waals surface area contributed by atoms with Crippen LogP contribution in [0.2, 0.25) is 0 Å². The molecule has 24 heavy (non-hydrogen) atoms. The SMILES string of the molecule is CCC(CNC(=O)c1cnn(C(C)C)c1C(F)(F)F)N1CCCC1. The van der Waals surface area contributed by atoms with Gasteiger partial charge >= 0.3 is 6.18 Å². The maximum absolute atomic E-state index is 13.3. The van der Waals surface area contributed by atoms with Gasteiger partial charge in [0.1, 0.15) is 0 Å². The van der Waals surface area contributed by atoms with E-state index in [0.29, 0.717) is 6.54 Å². The normalized spacial score (nSPS) is 17.5. The van der Waals surface area contributed by atoms with Crippen molar-refractivity contribution < 1.29 is 18.0 Å². The van der Waals surface area contributed by atoms with E-state index in [0.717, 1.165) is 43.2 Å². The fraction of sp³-hybridized carbons (Fsp3) is 0.750. The summed E-state index contributed by atoms with van der Waals surface area (Å²) in [5, 5.41) is 6.41. The monoisotopic (exact) mass is 346 g/mol. The molecule has 1 saturated heterocycles. The van der Waals surface area contributed by atoms with E-state index in [-0.39, 0.29) is 6.04 Å². The van der Waals surface area contributed by atoms with Gasteiger partial charge in [0.05, 0.1) is 11.8 Å². The number of carbonyl (C=O) groups excluding carboxylic acids is 1. The molecule has 1 aromatic heterocycles. The van der Waals surface area contributed by atoms with Crippen molar-refractivity contribution in [2.75, 3.05) is 19.6 Å². The molecule has 1 aliphatic rings. The summed E-state index contributed by atoms with van der Waals surface area (Å²) < 4.78 is 40.8. The van der Waals surface area contributed by atoms with Gasteiger partial charge in [-0.2, -0.15) is 18.3 Å². The Kier molecular flexibility index (Phi) is 5.90. The third kappa shape index (κ3) is 4.09. The van der Waals surface area contributed by atoms with Crippen molar-refractivity contribution in [1.29, 1.82) is 0 Å². The molecule has 1 fully saturated rings. The number of halogens is 3. The lowest BCUT2D eigenvalue weighted by molar-refractivity contribution is -0.145. The number of alkyl halides is 3. The molecule has 1 N–H and O–H groups in total. The predicted molar refractivity (Wildman–Crippen MR) is 84.8 cm³/mol. The highest BCUT2D eigenvalue weighted by molar-refractivity contribution is 5.95. The average Bonchev–Trinajstić information content (AvgIpc) is 3.16. The number of hydrogen-bond donors (Lipinski definition) is 1. The fourth-order valence-electron chi connectivity index (χ4n) is 3.15. The van der Waals surface area contributed by atoms with Crippen LogP contribution in [0.4, 0.5) is 13.2 Å². The quantitative estimate of drug-likeness (QED) is 0.861. The van der Waals surface area contributed by atoms with Crippen LogP contribution in [0.5, 0.6) is 0 Å². The van der Waals surface area contributed by atoms with Crippen LogP contribution in [0.3, 0.4) is 0 Å². The van der Waals surface area contributed by atoms with E-state index < -0.39 is 29.4 Å². The van der Waals surface area contributed by atoms with Crippen LogP contribution in [0.1, 0.15) is 62.1 Å². The number of nitrogens with one attached hydrogen (secondary N) is 1. The molecule has 0 radical (unpaired) electrons. The van der Waals surface area contributed by atoms with Crippen molar-refractivity contribution in [2.24, 2.45) is 0 Å². The average molecular weight is 346 g/mol. The van der Waals surface area contributed by atoms with Gasteiger partial charge in [-0.25, -0.2) is 0 Å². The van der Waals surface area contributed by atoms with Crippen molar-refractivity contribution in [3.05, 3.63) is 17.5 Å². The minimum Gasteiger partial charge on any atom is -0.350 e. The lowest BCUT2D eigenvalue weighted by Crippen LogP contribution is -2.42. The first-order chi connectivity index (χ1) is 11.3. The minimum absolute atomic E-state index is 0.158. The summed E-state index contributed by atoms with van der Waals surface area (Å²) in [5.41, 5.74) is -1.39. The zero-order valence-electron chi connectivity index (χ0n) is 14.4. The molecule has 2 rings (SSSR count). The molecule has 0 aliphatic carbocycles. The van der Waals surface area contributed by atoms with Crippen LogP contribution in [-0.2, 0) is 6.18 Å². The van der Waals surface area contributed by atoms with Crippen molar-refractivity contribution in [2.45, 2.75) is 58.3 Å². The Hall–Kier alpha value is -1.57. The zero-order chi connectivity index (χ0) is 17.9. The van der Waals surface area contributed by atoms with E-state index in [9.17, 15) is 18.0 Å². The summed E-state index contributed by atoms with van der Waals surface area (Å²) in [4.78, 5) is 14.6. The molecule has 1 amide bonds. The minimum atomic E-state index is -4.62. The molecule has 0 spiro atoms. The van der Waals surface area contributed by atoms with Gasteiger partial charge in [-0.15, -0.1) is 0 Å². The molecule has 8 heteroatoms. The van der Waals surface area contributed by atoms with Gasteiger partial charge in [0.25, 0.3) is 5.91 Å². The van der Waals surface area contributed by atoms with Gasteiger partial charge in [0, 0.05) is 18.6 Å². The summed E-state index contributed by atoms with van der Waals surface area (Å²) >= 11 is 0. The van der Waals surface area contributed by atoms with E-state index in [2.05, 4.69) is 15.3 Å². The number of hydrogen-bond acceptors (Lipinski definition) is 3. The highest BCUT2D eigenvalue weighted by Gasteiger charge is 2.40. The maximum atomic E-state index is 13.3. The lowest BCUT2D eigenvalue weighted by atomic mass is 10.1. The number of amides is 1. The smallest absolute Gasteiger partial charge is 0.350 e. The Morgan fingerprint density at radius 2 is 1.96 bits per heavy atom. The summed E-state index contributed by atoms with van der Waals surface area (Å²) in [6, 6.07) is -0.318. The van der Waals surface area contributed by atoms with Crippen molar-refractivity contribution in [3.63, 3.8) is 0 Å². The molecule has 136 valence electrons. The first kappa shape index (κ1) is 18.8. The van der Waals surface area contributed by atoms with Gasteiger partial charge in [0.15, 0.2) is 5.69 Å². The van der Waals surface area contributed by atoms with Gasteiger partial charge in [-0.05, 0) is 46.2 Å². The lowest BCUT2D eigenvalue weighted by Gasteiger charge is -2.26. The third-order valence-corrected chi connectivity index (χ3v) is 4.42. The summed E-state index contributed by atoms with van der Waals surface area (Å²) in [6.07, 6.45) is -0.507. The number of likely N-dealkylation sites (tertiary alicyclic amines) is 1. The summed E-state index contributed by atoms with van der Waals surface area (Å²) in [5.74, 6) is -0.716. The van der Waals surface area contributed by atoms with Crippen molar-refractivity contribution >= 4 is 5.91 Å². The van der Waals surface area contributed by atoms with E-state index >= 15 is 0 Å². The van der Waals surface area contributed by atoms with Crippen LogP contribution in [0.25, 0.3) is 0 Å². The molecule has 1 aromatic rings. The van der Waals surface area contributed by atoms with E-state index in [4.69, 9.17) is 0 Å². The van der Waals surface area contributed by atoms with Gasteiger partial charge < -0.3 is 5.32 Å². The van der Waals surface area contributed by atoms with Crippen LogP contribution in [-0.4, -0.2) is 46.3 Å². The number of rotatable bonds is 6. The number of aromatic nitrogens is 2. The maximum Gasteiger partial charge on any atom is 0.433 e. The topological polar surface area (TPSA) is 50.2 Å². The Balaban J connectivity index is 2.12. The molecule has 5 nitrogen and oxygen atoms in total. The molecular formula is C16H25F3N4O. The van der Waals surface area contributed by atoms with Crippen LogP contribution >= 0.6 is 0 Å². The summed E-state index contributed by atoms with van der Waals surface area (Å²) in [6.45, 7) is 7.53. The highest BCUT2D eigenvalue weighted by atomic mass is 19.4. The third-order valence-electron chi connectivity index (χ3n) is 4.42. The molecule has 1 unspecified atom stereocenters.